The Kier molecular flexibility index (Phi) is 4.81. The molecular weight excluding hydrogens is 284 g/mol. The van der Waals surface area contributed by atoms with Crippen LogP contribution < -0.4 is 0 Å². The highest BCUT2D eigenvalue weighted by Crippen LogP contribution is 2.24. The summed E-state index contributed by atoms with van der Waals surface area (Å²) < 4.78 is 16.4. The average Bonchev–Trinajstić information content (AvgIpc) is 2.97. The van der Waals surface area contributed by atoms with Gasteiger partial charge in [0.15, 0.2) is 5.76 Å². The standard InChI is InChI=1S/C16H24N2O4/c1-12-4-8-22-15(12)16(19)18-5-3-14-13(11-18)17(6-9-20-2)7-10-21-14/h4,8,13-14H,3,5-7,9-11H2,1-2H3/t13-,14-/m1/s1. The molecular formula is C16H24N2O4. The lowest BCUT2D eigenvalue weighted by molar-refractivity contribution is -0.102. The van der Waals surface area contributed by atoms with Crippen molar-refractivity contribution in [2.45, 2.75) is 25.5 Å². The van der Waals surface area contributed by atoms with Crippen LogP contribution in [0, 0.1) is 6.92 Å². The van der Waals surface area contributed by atoms with Gasteiger partial charge in [0.2, 0.25) is 0 Å². The number of fused-ring (bicyclic) bond motifs is 1. The van der Waals surface area contributed by atoms with Gasteiger partial charge in [0.1, 0.15) is 0 Å². The minimum absolute atomic E-state index is 0.0155. The SMILES string of the molecule is COCCN1CCO[C@@H]2CCN(C(=O)c3occc3C)C[C@H]21. The Morgan fingerprint density at radius 3 is 3.05 bits per heavy atom. The van der Waals surface area contributed by atoms with E-state index in [-0.39, 0.29) is 18.1 Å². The van der Waals surface area contributed by atoms with Crippen molar-refractivity contribution in [2.75, 3.05) is 46.5 Å². The zero-order chi connectivity index (χ0) is 15.5. The van der Waals surface area contributed by atoms with Crippen LogP contribution in [0.15, 0.2) is 16.7 Å². The van der Waals surface area contributed by atoms with Crippen LogP contribution in [-0.2, 0) is 9.47 Å². The molecule has 2 fully saturated rings. The van der Waals surface area contributed by atoms with Crippen LogP contribution in [0.3, 0.4) is 0 Å². The number of hydrogen-bond donors (Lipinski definition) is 0. The fourth-order valence-electron chi connectivity index (χ4n) is 3.35. The van der Waals surface area contributed by atoms with E-state index in [4.69, 9.17) is 13.9 Å². The molecule has 0 radical (unpaired) electrons. The van der Waals surface area contributed by atoms with Gasteiger partial charge in [0.05, 0.1) is 31.6 Å². The molecule has 6 heteroatoms. The smallest absolute Gasteiger partial charge is 0.289 e. The number of rotatable bonds is 4. The van der Waals surface area contributed by atoms with Gasteiger partial charge in [-0.25, -0.2) is 0 Å². The van der Waals surface area contributed by atoms with E-state index in [2.05, 4.69) is 4.90 Å². The van der Waals surface area contributed by atoms with Gasteiger partial charge in [-0.2, -0.15) is 0 Å². The Labute approximate surface area is 131 Å². The predicted octanol–water partition coefficient (Wildman–Crippen LogP) is 1.15. The maximum absolute atomic E-state index is 12.6. The lowest BCUT2D eigenvalue weighted by atomic mass is 9.98. The van der Waals surface area contributed by atoms with Crippen molar-refractivity contribution in [2.24, 2.45) is 0 Å². The number of aryl methyl sites for hydroxylation is 1. The van der Waals surface area contributed by atoms with E-state index in [1.165, 1.54) is 0 Å². The molecule has 0 aliphatic carbocycles. The van der Waals surface area contributed by atoms with Crippen molar-refractivity contribution >= 4 is 5.91 Å². The lowest BCUT2D eigenvalue weighted by Gasteiger charge is -2.46. The van der Waals surface area contributed by atoms with Gasteiger partial charge in [-0.1, -0.05) is 0 Å². The molecule has 0 aromatic carbocycles. The zero-order valence-corrected chi connectivity index (χ0v) is 13.3. The second-order valence-corrected chi connectivity index (χ2v) is 5.98. The number of amides is 1. The quantitative estimate of drug-likeness (QED) is 0.835. The van der Waals surface area contributed by atoms with Crippen LogP contribution >= 0.6 is 0 Å². The van der Waals surface area contributed by atoms with Crippen LogP contribution in [-0.4, -0.2) is 74.4 Å². The predicted molar refractivity (Wildman–Crippen MR) is 80.9 cm³/mol. The third-order valence-electron chi connectivity index (χ3n) is 4.63. The van der Waals surface area contributed by atoms with Crippen LogP contribution in [0.4, 0.5) is 0 Å². The lowest BCUT2D eigenvalue weighted by Crippen LogP contribution is -2.61. The van der Waals surface area contributed by atoms with E-state index in [0.29, 0.717) is 18.9 Å². The van der Waals surface area contributed by atoms with Crippen molar-refractivity contribution in [3.05, 3.63) is 23.7 Å². The highest BCUT2D eigenvalue weighted by molar-refractivity contribution is 5.92. The normalized spacial score (nSPS) is 26.0. The summed E-state index contributed by atoms with van der Waals surface area (Å²) in [6.07, 6.45) is 2.66. The summed E-state index contributed by atoms with van der Waals surface area (Å²) in [6.45, 7) is 6.55. The molecule has 3 heterocycles. The number of morpholine rings is 1. The molecule has 1 aromatic rings. The maximum Gasteiger partial charge on any atom is 0.289 e. The van der Waals surface area contributed by atoms with Gasteiger partial charge in [-0.15, -0.1) is 0 Å². The molecule has 1 aromatic heterocycles. The molecule has 0 bridgehead atoms. The van der Waals surface area contributed by atoms with Crippen LogP contribution in [0.1, 0.15) is 22.5 Å². The number of carbonyl (C=O) groups excluding carboxylic acids is 1. The van der Waals surface area contributed by atoms with Gasteiger partial charge in [0.25, 0.3) is 5.91 Å². The Morgan fingerprint density at radius 2 is 2.32 bits per heavy atom. The number of nitrogens with zero attached hydrogens (tertiary/aromatic N) is 2. The fraction of sp³-hybridized carbons (Fsp3) is 0.688. The molecule has 2 atom stereocenters. The highest BCUT2D eigenvalue weighted by Gasteiger charge is 2.39. The number of likely N-dealkylation sites (tertiary alicyclic amines) is 1. The molecule has 2 saturated heterocycles. The number of piperidine rings is 1. The largest absolute Gasteiger partial charge is 0.459 e. The van der Waals surface area contributed by atoms with E-state index in [9.17, 15) is 4.79 Å². The van der Waals surface area contributed by atoms with Crippen molar-refractivity contribution in [1.29, 1.82) is 0 Å². The zero-order valence-electron chi connectivity index (χ0n) is 13.3. The number of furan rings is 1. The topological polar surface area (TPSA) is 55.2 Å². The van der Waals surface area contributed by atoms with Crippen LogP contribution in [0.5, 0.6) is 0 Å². The minimum atomic E-state index is -0.0155. The van der Waals surface area contributed by atoms with E-state index in [1.807, 2.05) is 17.9 Å². The van der Waals surface area contributed by atoms with Gasteiger partial charge in [0, 0.05) is 38.9 Å². The third kappa shape index (κ3) is 3.04. The number of carbonyl (C=O) groups is 1. The molecule has 2 aliphatic heterocycles. The molecule has 6 nitrogen and oxygen atoms in total. The summed E-state index contributed by atoms with van der Waals surface area (Å²) in [5.41, 5.74) is 0.892. The van der Waals surface area contributed by atoms with E-state index in [0.717, 1.165) is 38.2 Å². The molecule has 122 valence electrons. The van der Waals surface area contributed by atoms with E-state index < -0.39 is 0 Å². The molecule has 1 amide bonds. The maximum atomic E-state index is 12.6. The fourth-order valence-corrected chi connectivity index (χ4v) is 3.35. The van der Waals surface area contributed by atoms with Crippen molar-refractivity contribution < 1.29 is 18.7 Å². The molecule has 0 N–H and O–H groups in total. The Bertz CT molecular complexity index is 516. The second kappa shape index (κ2) is 6.81. The van der Waals surface area contributed by atoms with Crippen LogP contribution in [0.25, 0.3) is 0 Å². The summed E-state index contributed by atoms with van der Waals surface area (Å²) in [5.74, 6) is 0.442. The van der Waals surface area contributed by atoms with Crippen molar-refractivity contribution in [1.82, 2.24) is 9.80 Å². The summed E-state index contributed by atoms with van der Waals surface area (Å²) in [4.78, 5) is 16.9. The Hall–Kier alpha value is -1.37. The number of methoxy groups -OCH3 is 1. The van der Waals surface area contributed by atoms with Gasteiger partial charge in [-0.3, -0.25) is 9.69 Å². The summed E-state index contributed by atoms with van der Waals surface area (Å²) in [6, 6.07) is 2.08. The molecule has 0 unspecified atom stereocenters. The van der Waals surface area contributed by atoms with Crippen molar-refractivity contribution in [3.8, 4) is 0 Å². The first-order valence-electron chi connectivity index (χ1n) is 7.88. The summed E-state index contributed by atoms with van der Waals surface area (Å²) >= 11 is 0. The van der Waals surface area contributed by atoms with E-state index in [1.54, 1.807) is 13.4 Å². The van der Waals surface area contributed by atoms with Crippen molar-refractivity contribution in [3.63, 3.8) is 0 Å². The summed E-state index contributed by atoms with van der Waals surface area (Å²) in [7, 11) is 1.72. The monoisotopic (exact) mass is 308 g/mol. The van der Waals surface area contributed by atoms with Crippen LogP contribution in [0.2, 0.25) is 0 Å². The second-order valence-electron chi connectivity index (χ2n) is 5.98. The first-order chi connectivity index (χ1) is 10.7. The minimum Gasteiger partial charge on any atom is -0.459 e. The van der Waals surface area contributed by atoms with Gasteiger partial charge >= 0.3 is 0 Å². The highest BCUT2D eigenvalue weighted by atomic mass is 16.5. The first kappa shape index (κ1) is 15.5. The molecule has 22 heavy (non-hydrogen) atoms. The first-order valence-corrected chi connectivity index (χ1v) is 7.88. The Morgan fingerprint density at radius 1 is 1.45 bits per heavy atom. The van der Waals surface area contributed by atoms with E-state index >= 15 is 0 Å². The summed E-state index contributed by atoms with van der Waals surface area (Å²) in [5, 5.41) is 0. The van der Waals surface area contributed by atoms with Gasteiger partial charge < -0.3 is 18.8 Å². The molecule has 0 spiro atoms. The molecule has 3 rings (SSSR count). The number of hydrogen-bond acceptors (Lipinski definition) is 5. The molecule has 0 saturated carbocycles. The number of ether oxygens (including phenoxy) is 2. The molecule has 2 aliphatic rings. The third-order valence-corrected chi connectivity index (χ3v) is 4.63. The van der Waals surface area contributed by atoms with Gasteiger partial charge in [-0.05, 0) is 19.4 Å². The average molecular weight is 308 g/mol. The Balaban J connectivity index is 1.69.